The maximum absolute atomic E-state index is 6.09. The number of imidazole rings is 1. The van der Waals surface area contributed by atoms with Gasteiger partial charge in [-0.1, -0.05) is 25.5 Å². The first kappa shape index (κ1) is 17.0. The molecule has 4 rings (SSSR count). The molecule has 0 amide bonds. The monoisotopic (exact) mass is 349 g/mol. The van der Waals surface area contributed by atoms with Crippen molar-refractivity contribution in [3.05, 3.63) is 59.7 Å². The lowest BCUT2D eigenvalue weighted by atomic mass is 9.90. The van der Waals surface area contributed by atoms with Crippen LogP contribution in [0.1, 0.15) is 55.6 Å². The van der Waals surface area contributed by atoms with Crippen LogP contribution in [0.4, 0.5) is 5.82 Å². The summed E-state index contributed by atoms with van der Waals surface area (Å²) in [5.74, 6) is 0.728. The van der Waals surface area contributed by atoms with Gasteiger partial charge in [0.1, 0.15) is 11.5 Å². The Hall–Kier alpha value is -2.40. The molecule has 0 saturated heterocycles. The lowest BCUT2D eigenvalue weighted by Gasteiger charge is -2.34. The number of rotatable bonds is 6. The number of unbranched alkanes of at least 4 members (excludes halogenated alkanes) is 1. The number of hydrogen-bond donors (Lipinski definition) is 1. The molecular formula is C21H27N5. The molecule has 3 heterocycles. The number of nitrogen functional groups attached to an aromatic ring is 1. The molecule has 26 heavy (non-hydrogen) atoms. The van der Waals surface area contributed by atoms with Gasteiger partial charge in [0.25, 0.3) is 0 Å². The minimum absolute atomic E-state index is 0.383. The van der Waals surface area contributed by atoms with Crippen LogP contribution in [-0.2, 0) is 13.0 Å². The van der Waals surface area contributed by atoms with Crippen LogP contribution in [0.5, 0.6) is 0 Å². The fourth-order valence-electron chi connectivity index (χ4n) is 4.01. The summed E-state index contributed by atoms with van der Waals surface area (Å²) < 4.78 is 1.97. The van der Waals surface area contributed by atoms with Crippen LogP contribution in [0.3, 0.4) is 0 Å². The molecule has 5 nitrogen and oxygen atoms in total. The number of anilines is 1. The standard InChI is InChI=1S/C21H27N5/c1-2-3-13-25(18-9-4-7-16-8-6-12-23-21(16)18)14-17-15-26-19(22)10-5-11-20(26)24-17/h5-6,8,10-12,15,18H,2-4,7,9,13-14,22H2,1H3. The quantitative estimate of drug-likeness (QED) is 0.731. The molecule has 0 fully saturated rings. The summed E-state index contributed by atoms with van der Waals surface area (Å²) in [6.07, 6.45) is 9.93. The summed E-state index contributed by atoms with van der Waals surface area (Å²) in [4.78, 5) is 12.1. The van der Waals surface area contributed by atoms with Crippen LogP contribution in [0.25, 0.3) is 5.65 Å². The van der Waals surface area contributed by atoms with Gasteiger partial charge in [-0.2, -0.15) is 0 Å². The average Bonchev–Trinajstić information content (AvgIpc) is 3.09. The maximum Gasteiger partial charge on any atom is 0.138 e. The van der Waals surface area contributed by atoms with E-state index in [4.69, 9.17) is 15.7 Å². The van der Waals surface area contributed by atoms with Gasteiger partial charge in [-0.3, -0.25) is 14.3 Å². The molecule has 1 aliphatic carbocycles. The average molecular weight is 349 g/mol. The highest BCUT2D eigenvalue weighted by atomic mass is 15.2. The Morgan fingerprint density at radius 2 is 2.19 bits per heavy atom. The molecule has 2 N–H and O–H groups in total. The highest BCUT2D eigenvalue weighted by Gasteiger charge is 2.27. The minimum atomic E-state index is 0.383. The Bertz CT molecular complexity index is 885. The van der Waals surface area contributed by atoms with E-state index in [1.165, 1.54) is 36.9 Å². The second-order valence-electron chi connectivity index (χ2n) is 7.19. The van der Waals surface area contributed by atoms with E-state index in [9.17, 15) is 0 Å². The number of nitrogens with two attached hydrogens (primary N) is 1. The topological polar surface area (TPSA) is 59.5 Å². The summed E-state index contributed by atoms with van der Waals surface area (Å²) in [6.45, 7) is 4.15. The number of pyridine rings is 2. The molecular weight excluding hydrogens is 322 g/mol. The molecule has 1 aliphatic rings. The Labute approximate surface area is 154 Å². The van der Waals surface area contributed by atoms with Crippen molar-refractivity contribution in [1.29, 1.82) is 0 Å². The van der Waals surface area contributed by atoms with Gasteiger partial charge in [-0.05, 0) is 56.0 Å². The Morgan fingerprint density at radius 3 is 3.04 bits per heavy atom. The molecule has 5 heteroatoms. The third kappa shape index (κ3) is 3.31. The van der Waals surface area contributed by atoms with Gasteiger partial charge in [0, 0.05) is 18.9 Å². The van der Waals surface area contributed by atoms with Crippen molar-refractivity contribution in [2.24, 2.45) is 0 Å². The predicted molar refractivity (Wildman–Crippen MR) is 105 cm³/mol. The van der Waals surface area contributed by atoms with Gasteiger partial charge in [0.05, 0.1) is 17.4 Å². The van der Waals surface area contributed by atoms with Crippen molar-refractivity contribution in [2.75, 3.05) is 12.3 Å². The highest BCUT2D eigenvalue weighted by molar-refractivity contribution is 5.48. The Kier molecular flexibility index (Phi) is 4.89. The fraction of sp³-hybridized carbons (Fsp3) is 0.429. The zero-order valence-electron chi connectivity index (χ0n) is 15.4. The van der Waals surface area contributed by atoms with E-state index in [0.29, 0.717) is 6.04 Å². The van der Waals surface area contributed by atoms with Crippen molar-refractivity contribution in [1.82, 2.24) is 19.3 Å². The highest BCUT2D eigenvalue weighted by Crippen LogP contribution is 2.33. The van der Waals surface area contributed by atoms with E-state index in [1.807, 2.05) is 28.8 Å². The van der Waals surface area contributed by atoms with E-state index in [0.717, 1.165) is 36.7 Å². The van der Waals surface area contributed by atoms with Gasteiger partial charge >= 0.3 is 0 Å². The number of nitrogens with zero attached hydrogens (tertiary/aromatic N) is 4. The van der Waals surface area contributed by atoms with E-state index >= 15 is 0 Å². The molecule has 0 aliphatic heterocycles. The molecule has 3 aromatic rings. The zero-order chi connectivity index (χ0) is 17.9. The Balaban J connectivity index is 1.64. The first-order chi connectivity index (χ1) is 12.8. The Morgan fingerprint density at radius 1 is 1.27 bits per heavy atom. The lowest BCUT2D eigenvalue weighted by Crippen LogP contribution is -2.32. The molecule has 0 bridgehead atoms. The van der Waals surface area contributed by atoms with E-state index in [2.05, 4.69) is 30.2 Å². The fourth-order valence-corrected chi connectivity index (χ4v) is 4.01. The summed E-state index contributed by atoms with van der Waals surface area (Å²) in [6, 6.07) is 10.6. The largest absolute Gasteiger partial charge is 0.385 e. The summed E-state index contributed by atoms with van der Waals surface area (Å²) in [5, 5.41) is 0. The summed E-state index contributed by atoms with van der Waals surface area (Å²) in [5.41, 5.74) is 10.7. The van der Waals surface area contributed by atoms with Crippen LogP contribution in [0, 0.1) is 0 Å². The molecule has 0 radical (unpaired) electrons. The number of hydrogen-bond acceptors (Lipinski definition) is 4. The second kappa shape index (κ2) is 7.46. The van der Waals surface area contributed by atoms with Crippen molar-refractivity contribution in [3.63, 3.8) is 0 Å². The molecule has 3 aromatic heterocycles. The van der Waals surface area contributed by atoms with Crippen molar-refractivity contribution in [3.8, 4) is 0 Å². The minimum Gasteiger partial charge on any atom is -0.385 e. The number of fused-ring (bicyclic) bond motifs is 2. The molecule has 0 aromatic carbocycles. The molecule has 0 saturated carbocycles. The number of aryl methyl sites for hydroxylation is 1. The molecule has 0 spiro atoms. The smallest absolute Gasteiger partial charge is 0.138 e. The van der Waals surface area contributed by atoms with Crippen molar-refractivity contribution in [2.45, 2.75) is 51.6 Å². The third-order valence-electron chi connectivity index (χ3n) is 5.34. The zero-order valence-corrected chi connectivity index (χ0v) is 15.4. The summed E-state index contributed by atoms with van der Waals surface area (Å²) in [7, 11) is 0. The van der Waals surface area contributed by atoms with E-state index in [1.54, 1.807) is 0 Å². The van der Waals surface area contributed by atoms with Crippen molar-refractivity contribution >= 4 is 11.5 Å². The van der Waals surface area contributed by atoms with Gasteiger partial charge in [-0.25, -0.2) is 4.98 Å². The van der Waals surface area contributed by atoms with Gasteiger partial charge in [0.15, 0.2) is 0 Å². The van der Waals surface area contributed by atoms with Crippen LogP contribution < -0.4 is 5.73 Å². The molecule has 1 atom stereocenters. The van der Waals surface area contributed by atoms with Gasteiger partial charge in [-0.15, -0.1) is 0 Å². The van der Waals surface area contributed by atoms with E-state index in [-0.39, 0.29) is 0 Å². The normalized spacial score (nSPS) is 16.9. The summed E-state index contributed by atoms with van der Waals surface area (Å²) >= 11 is 0. The van der Waals surface area contributed by atoms with E-state index < -0.39 is 0 Å². The first-order valence-corrected chi connectivity index (χ1v) is 9.66. The molecule has 1 unspecified atom stereocenters. The van der Waals surface area contributed by atoms with Gasteiger partial charge in [0.2, 0.25) is 0 Å². The van der Waals surface area contributed by atoms with Gasteiger partial charge < -0.3 is 5.73 Å². The number of aromatic nitrogens is 3. The van der Waals surface area contributed by atoms with Crippen LogP contribution in [0.15, 0.2) is 42.7 Å². The van der Waals surface area contributed by atoms with Crippen LogP contribution >= 0.6 is 0 Å². The first-order valence-electron chi connectivity index (χ1n) is 9.66. The van der Waals surface area contributed by atoms with Crippen LogP contribution in [-0.4, -0.2) is 25.8 Å². The SMILES string of the molecule is CCCCN(Cc1cn2c(N)cccc2n1)C1CCCc2cccnc21. The second-order valence-corrected chi connectivity index (χ2v) is 7.19. The van der Waals surface area contributed by atoms with Crippen molar-refractivity contribution < 1.29 is 0 Å². The lowest BCUT2D eigenvalue weighted by molar-refractivity contribution is 0.161. The third-order valence-corrected chi connectivity index (χ3v) is 5.34. The molecule has 136 valence electrons. The van der Waals surface area contributed by atoms with Crippen LogP contribution in [0.2, 0.25) is 0 Å². The maximum atomic E-state index is 6.09. The predicted octanol–water partition coefficient (Wildman–Crippen LogP) is 3.99.